The molecular weight excluding hydrogens is 266 g/mol. The van der Waals surface area contributed by atoms with Crippen LogP contribution in [0.25, 0.3) is 11.1 Å². The highest BCUT2D eigenvalue weighted by Crippen LogP contribution is 2.34. The van der Waals surface area contributed by atoms with Crippen molar-refractivity contribution in [2.24, 2.45) is 5.73 Å². The Balaban J connectivity index is 2.23. The summed E-state index contributed by atoms with van der Waals surface area (Å²) in [7, 11) is 0. The fraction of sp³-hybridized carbons (Fsp3) is 0.0588. The molecule has 2 N–H and O–H groups in total. The maximum absolute atomic E-state index is 12.1. The minimum atomic E-state index is -0.565. The van der Waals surface area contributed by atoms with Gasteiger partial charge < -0.3 is 10.5 Å². The lowest BCUT2D eigenvalue weighted by Gasteiger charge is -2.08. The third kappa shape index (κ3) is 2.31. The van der Waals surface area contributed by atoms with E-state index in [1.165, 1.54) is 0 Å². The minimum Gasteiger partial charge on any atom is -0.457 e. The van der Waals surface area contributed by atoms with Crippen LogP contribution in [-0.4, -0.2) is 18.5 Å². The Bertz CT molecular complexity index is 748. The van der Waals surface area contributed by atoms with E-state index in [1.807, 2.05) is 30.3 Å². The maximum atomic E-state index is 12.1. The van der Waals surface area contributed by atoms with Crippen LogP contribution in [0.4, 0.5) is 0 Å². The third-order valence-electron chi connectivity index (χ3n) is 3.44. The molecule has 2 aromatic carbocycles. The van der Waals surface area contributed by atoms with Crippen LogP contribution in [0.3, 0.4) is 0 Å². The second-order valence-electron chi connectivity index (χ2n) is 4.71. The molecule has 0 aliphatic carbocycles. The number of esters is 1. The fourth-order valence-corrected chi connectivity index (χ4v) is 2.46. The summed E-state index contributed by atoms with van der Waals surface area (Å²) < 4.78 is 5.16. The monoisotopic (exact) mass is 279 g/mol. The number of carbonyl (C=O) groups is 2. The molecular formula is C17H13NO3. The first-order valence-corrected chi connectivity index (χ1v) is 6.53. The Morgan fingerprint density at radius 1 is 1.00 bits per heavy atom. The molecule has 0 spiro atoms. The van der Waals surface area contributed by atoms with Crippen molar-refractivity contribution in [3.8, 4) is 0 Å². The van der Waals surface area contributed by atoms with Crippen molar-refractivity contribution >= 4 is 23.0 Å². The summed E-state index contributed by atoms with van der Waals surface area (Å²) in [5, 5.41) is 0. The highest BCUT2D eigenvalue weighted by atomic mass is 16.5. The van der Waals surface area contributed by atoms with Crippen LogP contribution < -0.4 is 5.73 Å². The van der Waals surface area contributed by atoms with Crippen molar-refractivity contribution in [3.05, 3.63) is 71.3 Å². The average molecular weight is 279 g/mol. The molecule has 1 aliphatic heterocycles. The number of cyclic esters (lactones) is 1. The second-order valence-corrected chi connectivity index (χ2v) is 4.71. The summed E-state index contributed by atoms with van der Waals surface area (Å²) in [5.74, 6) is -0.993. The van der Waals surface area contributed by atoms with Crippen LogP contribution in [-0.2, 0) is 9.53 Å². The number of primary amides is 1. The summed E-state index contributed by atoms with van der Waals surface area (Å²) in [5.41, 5.74) is 8.32. The molecule has 3 rings (SSSR count). The Labute approximate surface area is 121 Å². The topological polar surface area (TPSA) is 69.4 Å². The van der Waals surface area contributed by atoms with Gasteiger partial charge in [-0.2, -0.15) is 0 Å². The van der Waals surface area contributed by atoms with Crippen molar-refractivity contribution in [3.63, 3.8) is 0 Å². The highest BCUT2D eigenvalue weighted by Gasteiger charge is 2.29. The van der Waals surface area contributed by atoms with Crippen LogP contribution in [0.5, 0.6) is 0 Å². The smallest absolute Gasteiger partial charge is 0.339 e. The van der Waals surface area contributed by atoms with Gasteiger partial charge in [0, 0.05) is 16.7 Å². The largest absolute Gasteiger partial charge is 0.457 e. The number of ether oxygens (including phenoxy) is 1. The average Bonchev–Trinajstić information content (AvgIpc) is 2.89. The summed E-state index contributed by atoms with van der Waals surface area (Å²) in [6, 6.07) is 16.3. The van der Waals surface area contributed by atoms with Gasteiger partial charge in [-0.3, -0.25) is 4.79 Å². The van der Waals surface area contributed by atoms with Gasteiger partial charge in [0.05, 0.1) is 5.57 Å². The predicted octanol–water partition coefficient (Wildman–Crippen LogP) is 2.25. The molecule has 1 amide bonds. The van der Waals surface area contributed by atoms with E-state index in [0.29, 0.717) is 16.7 Å². The molecule has 0 saturated heterocycles. The van der Waals surface area contributed by atoms with E-state index in [9.17, 15) is 9.59 Å². The zero-order valence-electron chi connectivity index (χ0n) is 11.2. The number of benzene rings is 2. The minimum absolute atomic E-state index is 0.200. The SMILES string of the molecule is NC(=O)c1ccccc1C1=C(c2ccccc2)COC1=O. The molecule has 1 aliphatic rings. The molecule has 4 nitrogen and oxygen atoms in total. The van der Waals surface area contributed by atoms with Gasteiger partial charge in [-0.05, 0) is 11.6 Å². The number of amides is 1. The molecule has 4 heteroatoms. The zero-order valence-corrected chi connectivity index (χ0v) is 11.2. The van der Waals surface area contributed by atoms with E-state index in [1.54, 1.807) is 24.3 Å². The fourth-order valence-electron chi connectivity index (χ4n) is 2.46. The van der Waals surface area contributed by atoms with Crippen molar-refractivity contribution in [2.45, 2.75) is 0 Å². The van der Waals surface area contributed by atoms with E-state index < -0.39 is 11.9 Å². The van der Waals surface area contributed by atoms with Gasteiger partial charge in [-0.25, -0.2) is 4.79 Å². The van der Waals surface area contributed by atoms with Gasteiger partial charge in [0.1, 0.15) is 6.61 Å². The summed E-state index contributed by atoms with van der Waals surface area (Å²) in [6.07, 6.45) is 0. The molecule has 2 aromatic rings. The quantitative estimate of drug-likeness (QED) is 0.876. The van der Waals surface area contributed by atoms with Crippen molar-refractivity contribution in [2.75, 3.05) is 6.61 Å². The molecule has 0 radical (unpaired) electrons. The second kappa shape index (κ2) is 5.25. The van der Waals surface area contributed by atoms with Gasteiger partial charge in [0.25, 0.3) is 0 Å². The van der Waals surface area contributed by atoms with Gasteiger partial charge in [-0.15, -0.1) is 0 Å². The number of nitrogens with two attached hydrogens (primary N) is 1. The Morgan fingerprint density at radius 3 is 2.38 bits per heavy atom. The third-order valence-corrected chi connectivity index (χ3v) is 3.44. The first-order chi connectivity index (χ1) is 10.2. The number of rotatable bonds is 3. The van der Waals surface area contributed by atoms with E-state index >= 15 is 0 Å². The lowest BCUT2D eigenvalue weighted by atomic mass is 9.93. The molecule has 104 valence electrons. The van der Waals surface area contributed by atoms with Crippen LogP contribution in [0.1, 0.15) is 21.5 Å². The summed E-state index contributed by atoms with van der Waals surface area (Å²) >= 11 is 0. The first-order valence-electron chi connectivity index (χ1n) is 6.53. The number of hydrogen-bond acceptors (Lipinski definition) is 3. The predicted molar refractivity (Wildman–Crippen MR) is 79.2 cm³/mol. The van der Waals surface area contributed by atoms with E-state index in [0.717, 1.165) is 11.1 Å². The van der Waals surface area contributed by atoms with Gasteiger partial charge in [-0.1, -0.05) is 48.5 Å². The molecule has 0 aromatic heterocycles. The van der Waals surface area contributed by atoms with Gasteiger partial charge >= 0.3 is 5.97 Å². The van der Waals surface area contributed by atoms with Crippen molar-refractivity contribution < 1.29 is 14.3 Å². The molecule has 0 bridgehead atoms. The van der Waals surface area contributed by atoms with Crippen molar-refractivity contribution in [1.29, 1.82) is 0 Å². The number of carbonyl (C=O) groups excluding carboxylic acids is 2. The first kappa shape index (κ1) is 13.1. The summed E-state index contributed by atoms with van der Waals surface area (Å²) in [6.45, 7) is 0.200. The Kier molecular flexibility index (Phi) is 3.28. The molecule has 0 saturated carbocycles. The molecule has 0 atom stereocenters. The van der Waals surface area contributed by atoms with E-state index in [-0.39, 0.29) is 6.61 Å². The Hall–Kier alpha value is -2.88. The van der Waals surface area contributed by atoms with Crippen LogP contribution in [0.2, 0.25) is 0 Å². The Morgan fingerprint density at radius 2 is 1.67 bits per heavy atom. The lowest BCUT2D eigenvalue weighted by Crippen LogP contribution is -2.14. The van der Waals surface area contributed by atoms with Crippen LogP contribution in [0.15, 0.2) is 54.6 Å². The highest BCUT2D eigenvalue weighted by molar-refractivity contribution is 6.28. The maximum Gasteiger partial charge on any atom is 0.339 e. The van der Waals surface area contributed by atoms with Gasteiger partial charge in [0.15, 0.2) is 0 Å². The van der Waals surface area contributed by atoms with Crippen LogP contribution in [0, 0.1) is 0 Å². The normalized spacial score (nSPS) is 14.2. The molecule has 0 fully saturated rings. The molecule has 21 heavy (non-hydrogen) atoms. The molecule has 1 heterocycles. The summed E-state index contributed by atoms with van der Waals surface area (Å²) in [4.78, 5) is 23.7. The van der Waals surface area contributed by atoms with Gasteiger partial charge in [0.2, 0.25) is 5.91 Å². The van der Waals surface area contributed by atoms with Crippen molar-refractivity contribution in [1.82, 2.24) is 0 Å². The van der Waals surface area contributed by atoms with E-state index in [4.69, 9.17) is 10.5 Å². The van der Waals surface area contributed by atoms with Crippen LogP contribution >= 0.6 is 0 Å². The standard InChI is InChI=1S/C17H13NO3/c18-16(19)13-9-5-4-8-12(13)15-14(10-21-17(15)20)11-6-2-1-3-7-11/h1-9H,10H2,(H2,18,19). The molecule has 0 unspecified atom stereocenters. The number of hydrogen-bond donors (Lipinski definition) is 1. The lowest BCUT2D eigenvalue weighted by molar-refractivity contribution is -0.133. The van der Waals surface area contributed by atoms with E-state index in [2.05, 4.69) is 0 Å². The zero-order chi connectivity index (χ0) is 14.8.